The summed E-state index contributed by atoms with van der Waals surface area (Å²) in [5.74, 6) is 0.227. The molecule has 1 amide bonds. The Kier molecular flexibility index (Phi) is 5.62. The standard InChI is InChI=1S/C24H25N7O2S/c1-15(18-8-11-31(3)29-18)26-23-25-10-7-19(28-23)21-27-20(14-34-21)16-5-4-6-17(13-16)24(33)9-12-30(2)22(24)32/h4-8,10-11,13-15,33H,9,12H2,1-3H3,(H,25,26,28)/t15-,24-/m1/s1. The first-order valence-electron chi connectivity index (χ1n) is 11.0. The van der Waals surface area contributed by atoms with E-state index in [0.717, 1.165) is 22.0 Å². The fraction of sp³-hybridized carbons (Fsp3) is 0.292. The van der Waals surface area contributed by atoms with Gasteiger partial charge < -0.3 is 15.3 Å². The molecule has 1 aliphatic rings. The monoisotopic (exact) mass is 475 g/mol. The zero-order valence-corrected chi connectivity index (χ0v) is 20.0. The number of hydrogen-bond donors (Lipinski definition) is 2. The molecule has 0 unspecified atom stereocenters. The van der Waals surface area contributed by atoms with Crippen LogP contribution in [0.25, 0.3) is 22.0 Å². The van der Waals surface area contributed by atoms with E-state index in [1.807, 2.05) is 55.9 Å². The number of benzene rings is 1. The predicted molar refractivity (Wildman–Crippen MR) is 130 cm³/mol. The van der Waals surface area contributed by atoms with Crippen LogP contribution in [-0.4, -0.2) is 54.2 Å². The van der Waals surface area contributed by atoms with Crippen LogP contribution in [0, 0.1) is 0 Å². The second-order valence-electron chi connectivity index (χ2n) is 8.50. The first kappa shape index (κ1) is 22.2. The highest BCUT2D eigenvalue weighted by atomic mass is 32.1. The lowest BCUT2D eigenvalue weighted by Gasteiger charge is -2.21. The normalized spacial score (nSPS) is 18.9. The second kappa shape index (κ2) is 8.62. The molecule has 1 aliphatic heterocycles. The molecule has 0 saturated carbocycles. The molecule has 9 nitrogen and oxygen atoms in total. The molecule has 34 heavy (non-hydrogen) atoms. The lowest BCUT2D eigenvalue weighted by Crippen LogP contribution is -2.36. The summed E-state index contributed by atoms with van der Waals surface area (Å²) in [4.78, 5) is 27.8. The number of aryl methyl sites for hydroxylation is 1. The highest BCUT2D eigenvalue weighted by Crippen LogP contribution is 2.35. The number of thiazole rings is 1. The van der Waals surface area contributed by atoms with E-state index >= 15 is 0 Å². The predicted octanol–water partition coefficient (Wildman–Crippen LogP) is 3.22. The number of amides is 1. The Morgan fingerprint density at radius 1 is 1.18 bits per heavy atom. The number of hydrogen-bond acceptors (Lipinski definition) is 8. The summed E-state index contributed by atoms with van der Waals surface area (Å²) in [6.07, 6.45) is 3.98. The molecule has 1 saturated heterocycles. The van der Waals surface area contributed by atoms with E-state index in [9.17, 15) is 9.90 Å². The Labute approximate surface area is 201 Å². The van der Waals surface area contributed by atoms with Crippen molar-refractivity contribution >= 4 is 23.2 Å². The van der Waals surface area contributed by atoms with Crippen LogP contribution in [0.1, 0.15) is 30.6 Å². The van der Waals surface area contributed by atoms with Gasteiger partial charge >= 0.3 is 0 Å². The van der Waals surface area contributed by atoms with Crippen LogP contribution < -0.4 is 5.32 Å². The van der Waals surface area contributed by atoms with E-state index in [4.69, 9.17) is 4.98 Å². The van der Waals surface area contributed by atoms with Crippen molar-refractivity contribution < 1.29 is 9.90 Å². The molecule has 10 heteroatoms. The molecule has 4 heterocycles. The maximum absolute atomic E-state index is 12.5. The van der Waals surface area contributed by atoms with Gasteiger partial charge in [-0.3, -0.25) is 9.48 Å². The van der Waals surface area contributed by atoms with Gasteiger partial charge in [0.1, 0.15) is 10.7 Å². The van der Waals surface area contributed by atoms with Gasteiger partial charge in [-0.05, 0) is 30.7 Å². The minimum atomic E-state index is -1.48. The topological polar surface area (TPSA) is 109 Å². The molecule has 5 rings (SSSR count). The first-order valence-corrected chi connectivity index (χ1v) is 11.9. The molecular formula is C24H25N7O2S. The van der Waals surface area contributed by atoms with E-state index in [1.54, 1.807) is 28.9 Å². The Balaban J connectivity index is 1.38. The number of anilines is 1. The quantitative estimate of drug-likeness (QED) is 0.441. The van der Waals surface area contributed by atoms with Crippen molar-refractivity contribution in [3.8, 4) is 22.0 Å². The maximum Gasteiger partial charge on any atom is 0.258 e. The largest absolute Gasteiger partial charge is 0.375 e. The zero-order chi connectivity index (χ0) is 23.9. The average molecular weight is 476 g/mol. The molecule has 4 aromatic rings. The summed E-state index contributed by atoms with van der Waals surface area (Å²) in [5, 5.41) is 21.4. The van der Waals surface area contributed by atoms with Crippen LogP contribution in [0.15, 0.2) is 54.2 Å². The number of likely N-dealkylation sites (N-methyl/N-ethyl adjacent to an activating group) is 1. The van der Waals surface area contributed by atoms with Gasteiger partial charge in [-0.25, -0.2) is 15.0 Å². The van der Waals surface area contributed by atoms with Crippen molar-refractivity contribution in [1.29, 1.82) is 0 Å². The third-order valence-electron chi connectivity index (χ3n) is 6.05. The number of aromatic nitrogens is 5. The summed E-state index contributed by atoms with van der Waals surface area (Å²) < 4.78 is 1.76. The fourth-order valence-electron chi connectivity index (χ4n) is 4.06. The lowest BCUT2D eigenvalue weighted by atomic mass is 9.90. The Bertz CT molecular complexity index is 1350. The number of likely N-dealkylation sites (tertiary alicyclic amines) is 1. The van der Waals surface area contributed by atoms with Crippen LogP contribution in [0.5, 0.6) is 0 Å². The van der Waals surface area contributed by atoms with E-state index in [1.165, 1.54) is 11.3 Å². The smallest absolute Gasteiger partial charge is 0.258 e. The van der Waals surface area contributed by atoms with E-state index in [-0.39, 0.29) is 11.9 Å². The lowest BCUT2D eigenvalue weighted by molar-refractivity contribution is -0.143. The third kappa shape index (κ3) is 4.06. The van der Waals surface area contributed by atoms with Crippen LogP contribution >= 0.6 is 11.3 Å². The van der Waals surface area contributed by atoms with Crippen LogP contribution in [0.3, 0.4) is 0 Å². The molecule has 2 atom stereocenters. The van der Waals surface area contributed by atoms with E-state index in [0.29, 0.717) is 30.2 Å². The van der Waals surface area contributed by atoms with E-state index in [2.05, 4.69) is 20.4 Å². The number of carbonyl (C=O) groups is 1. The zero-order valence-electron chi connectivity index (χ0n) is 19.1. The molecule has 2 N–H and O–H groups in total. The number of nitrogens with one attached hydrogen (secondary N) is 1. The fourth-order valence-corrected chi connectivity index (χ4v) is 4.86. The Morgan fingerprint density at radius 3 is 2.76 bits per heavy atom. The Hall–Kier alpha value is -3.63. The summed E-state index contributed by atoms with van der Waals surface area (Å²) >= 11 is 1.48. The SMILES string of the molecule is C[C@@H](Nc1nccc(-c2nc(-c3cccc([C@]4(O)CCN(C)C4=O)c3)cs2)n1)c1ccn(C)n1. The van der Waals surface area contributed by atoms with E-state index < -0.39 is 5.60 Å². The highest BCUT2D eigenvalue weighted by Gasteiger charge is 2.45. The Morgan fingerprint density at radius 2 is 2.03 bits per heavy atom. The molecule has 1 fully saturated rings. The molecule has 0 radical (unpaired) electrons. The summed E-state index contributed by atoms with van der Waals surface area (Å²) in [6.45, 7) is 2.54. The van der Waals surface area contributed by atoms with Gasteiger partial charge in [0.25, 0.3) is 5.91 Å². The van der Waals surface area contributed by atoms with Gasteiger partial charge in [-0.2, -0.15) is 5.10 Å². The van der Waals surface area contributed by atoms with Crippen LogP contribution in [-0.2, 0) is 17.4 Å². The van der Waals surface area contributed by atoms with Crippen molar-refractivity contribution in [1.82, 2.24) is 29.6 Å². The van der Waals surface area contributed by atoms with Gasteiger partial charge in [0, 0.05) is 50.4 Å². The van der Waals surface area contributed by atoms with Crippen molar-refractivity contribution in [2.75, 3.05) is 18.9 Å². The van der Waals surface area contributed by atoms with Crippen LogP contribution in [0.2, 0.25) is 0 Å². The minimum absolute atomic E-state index is 0.0470. The maximum atomic E-state index is 12.5. The summed E-state index contributed by atoms with van der Waals surface area (Å²) in [5.41, 5.74) is 2.32. The molecule has 0 aliphatic carbocycles. The first-order chi connectivity index (χ1) is 16.3. The molecule has 0 spiro atoms. The number of carbonyl (C=O) groups excluding carboxylic acids is 1. The third-order valence-corrected chi connectivity index (χ3v) is 6.91. The molecule has 0 bridgehead atoms. The number of aliphatic hydroxyl groups is 1. The van der Waals surface area contributed by atoms with Crippen LogP contribution in [0.4, 0.5) is 5.95 Å². The average Bonchev–Trinajstić information content (AvgIpc) is 3.57. The highest BCUT2D eigenvalue weighted by molar-refractivity contribution is 7.13. The van der Waals surface area contributed by atoms with Gasteiger partial charge in [-0.15, -0.1) is 11.3 Å². The molecule has 3 aromatic heterocycles. The molecule has 1 aromatic carbocycles. The second-order valence-corrected chi connectivity index (χ2v) is 9.36. The molecule has 174 valence electrons. The minimum Gasteiger partial charge on any atom is -0.375 e. The summed E-state index contributed by atoms with van der Waals surface area (Å²) in [6, 6.07) is 11.1. The van der Waals surface area contributed by atoms with Gasteiger partial charge in [-0.1, -0.05) is 18.2 Å². The van der Waals surface area contributed by atoms with Crippen molar-refractivity contribution in [3.63, 3.8) is 0 Å². The number of rotatable bonds is 6. The van der Waals surface area contributed by atoms with Gasteiger partial charge in [0.05, 0.1) is 17.4 Å². The van der Waals surface area contributed by atoms with Gasteiger partial charge in [0.2, 0.25) is 5.95 Å². The number of nitrogens with zero attached hydrogens (tertiary/aromatic N) is 6. The molecular weight excluding hydrogens is 450 g/mol. The van der Waals surface area contributed by atoms with Crippen molar-refractivity contribution in [3.05, 3.63) is 65.4 Å². The van der Waals surface area contributed by atoms with Crippen molar-refractivity contribution in [2.45, 2.75) is 25.0 Å². The summed E-state index contributed by atoms with van der Waals surface area (Å²) in [7, 11) is 3.59. The van der Waals surface area contributed by atoms with Crippen molar-refractivity contribution in [2.24, 2.45) is 7.05 Å². The van der Waals surface area contributed by atoms with Gasteiger partial charge in [0.15, 0.2) is 5.60 Å².